The third-order valence-corrected chi connectivity index (χ3v) is 5.82. The maximum Gasteiger partial charge on any atom is 0.230 e. The quantitative estimate of drug-likeness (QED) is 0.437. The minimum Gasteiger partial charge on any atom is -0.376 e. The third-order valence-electron chi connectivity index (χ3n) is 4.85. The molecule has 1 aliphatic heterocycles. The molecule has 3 aromatic rings. The van der Waals surface area contributed by atoms with Crippen molar-refractivity contribution in [3.63, 3.8) is 0 Å². The van der Waals surface area contributed by atoms with Gasteiger partial charge in [-0.2, -0.15) is 5.26 Å². The van der Waals surface area contributed by atoms with Gasteiger partial charge in [0.15, 0.2) is 11.0 Å². The van der Waals surface area contributed by atoms with Crippen LogP contribution >= 0.6 is 11.8 Å². The number of amides is 1. The number of carbonyl (C=O) groups is 1. The summed E-state index contributed by atoms with van der Waals surface area (Å²) >= 11 is 1.35. The van der Waals surface area contributed by atoms with E-state index in [1.807, 2.05) is 30.5 Å². The van der Waals surface area contributed by atoms with Crippen LogP contribution in [-0.4, -0.2) is 50.7 Å². The molecule has 4 rings (SSSR count). The zero-order valence-electron chi connectivity index (χ0n) is 15.9. The fourth-order valence-electron chi connectivity index (χ4n) is 3.45. The molecule has 1 amide bonds. The number of nitriles is 1. The van der Waals surface area contributed by atoms with E-state index < -0.39 is 0 Å². The summed E-state index contributed by atoms with van der Waals surface area (Å²) in [5.41, 5.74) is 2.02. The number of carbonyl (C=O) groups excluding carboxylic acids is 1. The number of hydrogen-bond acceptors (Lipinski definition) is 6. The Morgan fingerprint density at radius 2 is 2.31 bits per heavy atom. The lowest BCUT2D eigenvalue weighted by Gasteiger charge is -2.14. The number of fused-ring (bicyclic) bond motifs is 1. The Bertz CT molecular complexity index is 1030. The van der Waals surface area contributed by atoms with Crippen LogP contribution in [0.3, 0.4) is 0 Å². The average molecular weight is 411 g/mol. The number of benzene rings is 1. The number of thioether (sulfide) groups is 1. The van der Waals surface area contributed by atoms with E-state index >= 15 is 0 Å². The van der Waals surface area contributed by atoms with Crippen LogP contribution in [0.1, 0.15) is 19.3 Å². The number of para-hydroxylation sites is 1. The molecule has 0 aliphatic carbocycles. The highest BCUT2D eigenvalue weighted by atomic mass is 32.2. The van der Waals surface area contributed by atoms with Crippen LogP contribution in [-0.2, 0) is 16.1 Å². The molecule has 1 aliphatic rings. The van der Waals surface area contributed by atoms with Gasteiger partial charge in [0.25, 0.3) is 0 Å². The highest BCUT2D eigenvalue weighted by molar-refractivity contribution is 7.99. The fraction of sp³-hybridized carbons (Fsp3) is 0.400. The number of aromatic amines is 1. The van der Waals surface area contributed by atoms with Gasteiger partial charge in [0.1, 0.15) is 0 Å². The largest absolute Gasteiger partial charge is 0.376 e. The average Bonchev–Trinajstić information content (AvgIpc) is 3.47. The highest BCUT2D eigenvalue weighted by Gasteiger charge is 2.23. The van der Waals surface area contributed by atoms with Crippen molar-refractivity contribution >= 4 is 28.6 Å². The summed E-state index contributed by atoms with van der Waals surface area (Å²) in [4.78, 5) is 15.3. The SMILES string of the molecule is N#CCCNC(=O)CSc1nnc(-c2c[nH]c3ccccc23)n1CC1CCCO1. The summed E-state index contributed by atoms with van der Waals surface area (Å²) in [5.74, 6) is 0.874. The Morgan fingerprint density at radius 3 is 3.14 bits per heavy atom. The van der Waals surface area contributed by atoms with Crippen molar-refractivity contribution in [1.29, 1.82) is 5.26 Å². The van der Waals surface area contributed by atoms with Crippen LogP contribution in [0.5, 0.6) is 0 Å². The van der Waals surface area contributed by atoms with E-state index in [0.29, 0.717) is 24.7 Å². The summed E-state index contributed by atoms with van der Waals surface area (Å²) in [7, 11) is 0. The van der Waals surface area contributed by atoms with E-state index in [4.69, 9.17) is 10.00 Å². The summed E-state index contributed by atoms with van der Waals surface area (Å²) in [6.45, 7) is 1.79. The number of H-pyrrole nitrogens is 1. The molecular weight excluding hydrogens is 388 g/mol. The molecule has 2 aromatic heterocycles. The van der Waals surface area contributed by atoms with Crippen molar-refractivity contribution in [1.82, 2.24) is 25.1 Å². The Hall–Kier alpha value is -2.83. The molecule has 2 N–H and O–H groups in total. The molecule has 0 spiro atoms. The zero-order chi connectivity index (χ0) is 20.1. The smallest absolute Gasteiger partial charge is 0.230 e. The molecular formula is C20H22N6O2S. The van der Waals surface area contributed by atoms with Gasteiger partial charge in [-0.3, -0.25) is 9.36 Å². The number of aromatic nitrogens is 4. The van der Waals surface area contributed by atoms with Gasteiger partial charge in [-0.15, -0.1) is 10.2 Å². The van der Waals surface area contributed by atoms with Crippen molar-refractivity contribution in [2.75, 3.05) is 18.9 Å². The number of ether oxygens (including phenoxy) is 1. The maximum absolute atomic E-state index is 12.0. The predicted octanol–water partition coefficient (Wildman–Crippen LogP) is 2.73. The molecule has 8 nitrogen and oxygen atoms in total. The van der Waals surface area contributed by atoms with Gasteiger partial charge < -0.3 is 15.0 Å². The molecule has 9 heteroatoms. The Kier molecular flexibility index (Phi) is 6.12. The van der Waals surface area contributed by atoms with Gasteiger partial charge in [-0.05, 0) is 18.9 Å². The van der Waals surface area contributed by atoms with E-state index in [0.717, 1.165) is 41.7 Å². The lowest BCUT2D eigenvalue weighted by atomic mass is 10.1. The molecule has 150 valence electrons. The first kappa shape index (κ1) is 19.5. The van der Waals surface area contributed by atoms with Gasteiger partial charge >= 0.3 is 0 Å². The predicted molar refractivity (Wildman–Crippen MR) is 110 cm³/mol. The van der Waals surface area contributed by atoms with Crippen molar-refractivity contribution < 1.29 is 9.53 Å². The van der Waals surface area contributed by atoms with Crippen LogP contribution in [0.4, 0.5) is 0 Å². The Balaban J connectivity index is 1.58. The first-order valence-corrected chi connectivity index (χ1v) is 10.6. The lowest BCUT2D eigenvalue weighted by Crippen LogP contribution is -2.26. The van der Waals surface area contributed by atoms with Crippen LogP contribution in [0.2, 0.25) is 0 Å². The summed E-state index contributed by atoms with van der Waals surface area (Å²) in [5, 5.41) is 21.9. The van der Waals surface area contributed by atoms with Crippen LogP contribution in [0.25, 0.3) is 22.3 Å². The second-order valence-electron chi connectivity index (χ2n) is 6.85. The summed E-state index contributed by atoms with van der Waals surface area (Å²) in [6, 6.07) is 10.1. The van der Waals surface area contributed by atoms with E-state index in [1.54, 1.807) is 0 Å². The highest BCUT2D eigenvalue weighted by Crippen LogP contribution is 2.31. The fourth-order valence-corrected chi connectivity index (χ4v) is 4.22. The first-order valence-electron chi connectivity index (χ1n) is 9.64. The van der Waals surface area contributed by atoms with Gasteiger partial charge in [0.2, 0.25) is 5.91 Å². The number of nitrogens with one attached hydrogen (secondary N) is 2. The molecule has 0 bridgehead atoms. The third kappa shape index (κ3) is 4.44. The summed E-state index contributed by atoms with van der Waals surface area (Å²) in [6.07, 6.45) is 4.43. The minimum absolute atomic E-state index is 0.120. The molecule has 1 unspecified atom stereocenters. The van der Waals surface area contributed by atoms with Gasteiger partial charge in [-0.25, -0.2) is 0 Å². The van der Waals surface area contributed by atoms with Gasteiger partial charge in [0, 0.05) is 35.8 Å². The normalized spacial score (nSPS) is 16.2. The number of rotatable bonds is 8. The van der Waals surface area contributed by atoms with Crippen molar-refractivity contribution in [2.45, 2.75) is 37.1 Å². The molecule has 1 atom stereocenters. The lowest BCUT2D eigenvalue weighted by molar-refractivity contribution is -0.118. The van der Waals surface area contributed by atoms with E-state index in [1.165, 1.54) is 11.8 Å². The van der Waals surface area contributed by atoms with Crippen molar-refractivity contribution in [3.05, 3.63) is 30.5 Å². The topological polar surface area (TPSA) is 109 Å². The van der Waals surface area contributed by atoms with Gasteiger partial charge in [-0.1, -0.05) is 30.0 Å². The van der Waals surface area contributed by atoms with E-state index in [2.05, 4.69) is 31.1 Å². The number of hydrogen-bond donors (Lipinski definition) is 2. The van der Waals surface area contributed by atoms with Crippen molar-refractivity contribution in [2.24, 2.45) is 0 Å². The molecule has 3 heterocycles. The van der Waals surface area contributed by atoms with Gasteiger partial charge in [0.05, 0.1) is 30.9 Å². The van der Waals surface area contributed by atoms with Crippen LogP contribution < -0.4 is 5.32 Å². The molecule has 1 fully saturated rings. The Morgan fingerprint density at radius 1 is 1.41 bits per heavy atom. The van der Waals surface area contributed by atoms with E-state index in [-0.39, 0.29) is 17.8 Å². The minimum atomic E-state index is -0.120. The molecule has 1 aromatic carbocycles. The number of nitrogens with zero attached hydrogens (tertiary/aromatic N) is 4. The molecule has 29 heavy (non-hydrogen) atoms. The monoisotopic (exact) mass is 410 g/mol. The van der Waals surface area contributed by atoms with Crippen LogP contribution in [0.15, 0.2) is 35.6 Å². The molecule has 1 saturated heterocycles. The Labute approximate surface area is 172 Å². The molecule has 0 saturated carbocycles. The van der Waals surface area contributed by atoms with E-state index in [9.17, 15) is 4.79 Å². The second kappa shape index (κ2) is 9.11. The summed E-state index contributed by atoms with van der Waals surface area (Å²) < 4.78 is 7.88. The molecule has 0 radical (unpaired) electrons. The van der Waals surface area contributed by atoms with Crippen LogP contribution in [0, 0.1) is 11.3 Å². The van der Waals surface area contributed by atoms with Crippen molar-refractivity contribution in [3.8, 4) is 17.5 Å². The standard InChI is InChI=1S/C20H22N6O2S/c21-8-4-9-22-18(27)13-29-20-25-24-19(26(20)12-14-5-3-10-28-14)16-11-23-17-7-2-1-6-15(16)17/h1-2,6-7,11,14,23H,3-5,9-10,12-13H2,(H,22,27). The first-order chi connectivity index (χ1) is 14.3. The zero-order valence-corrected chi connectivity index (χ0v) is 16.7. The maximum atomic E-state index is 12.0. The second-order valence-corrected chi connectivity index (χ2v) is 7.79.